The van der Waals surface area contributed by atoms with Gasteiger partial charge in [-0.05, 0) is 31.2 Å². The van der Waals surface area contributed by atoms with Crippen LogP contribution in [0.1, 0.15) is 34.4 Å². The van der Waals surface area contributed by atoms with Crippen LogP contribution in [0, 0.1) is 12.3 Å². The van der Waals surface area contributed by atoms with Gasteiger partial charge in [0.25, 0.3) is 0 Å². The van der Waals surface area contributed by atoms with Crippen LogP contribution in [-0.4, -0.2) is 36.6 Å². The zero-order valence-corrected chi connectivity index (χ0v) is 20.3. The third-order valence-electron chi connectivity index (χ3n) is 7.25. The van der Waals surface area contributed by atoms with E-state index in [-0.39, 0.29) is 6.61 Å². The van der Waals surface area contributed by atoms with Gasteiger partial charge in [0.05, 0.1) is 25.6 Å². The summed E-state index contributed by atoms with van der Waals surface area (Å²) < 4.78 is 26.1. The highest BCUT2D eigenvalue weighted by Gasteiger charge is 2.63. The molecule has 4 aromatic rings. The molecular weight excluding hydrogens is 456 g/mol. The van der Waals surface area contributed by atoms with E-state index in [1.165, 1.54) is 7.11 Å². The molecule has 0 saturated carbocycles. The highest BCUT2D eigenvalue weighted by Crippen LogP contribution is 2.62. The summed E-state index contributed by atoms with van der Waals surface area (Å²) >= 11 is 0. The number of para-hydroxylation sites is 3. The van der Waals surface area contributed by atoms with Crippen LogP contribution < -0.4 is 14.2 Å². The van der Waals surface area contributed by atoms with E-state index in [0.29, 0.717) is 11.6 Å². The summed E-state index contributed by atoms with van der Waals surface area (Å²) in [5.41, 5.74) is 2.93. The fraction of sp³-hybridized carbons (Fsp3) is 0.241. The summed E-state index contributed by atoms with van der Waals surface area (Å²) in [5, 5.41) is 4.88. The van der Waals surface area contributed by atoms with Crippen molar-refractivity contribution in [2.75, 3.05) is 20.8 Å². The smallest absolute Gasteiger partial charge is 0.320 e. The zero-order chi connectivity index (χ0) is 24.9. The molecule has 0 amide bonds. The van der Waals surface area contributed by atoms with E-state index in [1.54, 1.807) is 7.11 Å². The normalized spacial score (nSPS) is 21.8. The highest BCUT2D eigenvalue weighted by atomic mass is 16.5. The number of aryl methyl sites for hydroxylation is 1. The van der Waals surface area contributed by atoms with Gasteiger partial charge in [-0.3, -0.25) is 4.79 Å². The Labute approximate surface area is 209 Å². The van der Waals surface area contributed by atoms with Gasteiger partial charge in [0.15, 0.2) is 5.41 Å². The number of hydrogen-bond acceptors (Lipinski definition) is 6. The lowest BCUT2D eigenvalue weighted by Crippen LogP contribution is -2.54. The molecule has 0 saturated heterocycles. The van der Waals surface area contributed by atoms with E-state index in [1.807, 2.05) is 90.5 Å². The molecule has 2 aliphatic heterocycles. The van der Waals surface area contributed by atoms with Gasteiger partial charge in [0, 0.05) is 22.6 Å². The zero-order valence-electron chi connectivity index (χ0n) is 20.3. The van der Waals surface area contributed by atoms with Crippen molar-refractivity contribution in [1.82, 2.24) is 9.78 Å². The van der Waals surface area contributed by atoms with Crippen LogP contribution >= 0.6 is 0 Å². The van der Waals surface area contributed by atoms with Gasteiger partial charge < -0.3 is 18.9 Å². The lowest BCUT2D eigenvalue weighted by Gasteiger charge is -2.49. The minimum Gasteiger partial charge on any atom is -0.496 e. The van der Waals surface area contributed by atoms with Gasteiger partial charge in [-0.25, -0.2) is 4.68 Å². The van der Waals surface area contributed by atoms with E-state index in [0.717, 1.165) is 33.8 Å². The monoisotopic (exact) mass is 482 g/mol. The van der Waals surface area contributed by atoms with Gasteiger partial charge in [-0.2, -0.15) is 5.10 Å². The second-order valence-electron chi connectivity index (χ2n) is 9.08. The van der Waals surface area contributed by atoms with Crippen LogP contribution in [0.15, 0.2) is 78.9 Å². The molecular formula is C29H26N2O5. The van der Waals surface area contributed by atoms with E-state index in [4.69, 9.17) is 24.0 Å². The first-order valence-corrected chi connectivity index (χ1v) is 11.8. The number of carbonyl (C=O) groups excluding carboxylic acids is 1. The standard InChI is InChI=1S/C29H26N2O5/c1-18-24-25-20-13-7-10-16-23(20)35-17-29(25,28(32)34-3)26(21-14-8-9-15-22(21)33-2)36-27(24)31(30-18)19-11-5-4-6-12-19/h4-16,25-26H,17H2,1-3H3/t25-,26-,29+/m1/s1. The third-order valence-corrected chi connectivity index (χ3v) is 7.25. The van der Waals surface area contributed by atoms with Crippen LogP contribution in [0.5, 0.6) is 17.4 Å². The summed E-state index contributed by atoms with van der Waals surface area (Å²) in [6.45, 7) is 2.03. The average molecular weight is 483 g/mol. The molecule has 7 nitrogen and oxygen atoms in total. The Morgan fingerprint density at radius 1 is 0.972 bits per heavy atom. The van der Waals surface area contributed by atoms with Gasteiger partial charge in [0.2, 0.25) is 5.88 Å². The molecule has 3 heterocycles. The highest BCUT2D eigenvalue weighted by molar-refractivity contribution is 5.83. The van der Waals surface area contributed by atoms with Gasteiger partial charge in [0.1, 0.15) is 24.2 Å². The van der Waals surface area contributed by atoms with Crippen LogP contribution in [-0.2, 0) is 9.53 Å². The number of rotatable bonds is 4. The number of nitrogens with zero attached hydrogens (tertiary/aromatic N) is 2. The Morgan fingerprint density at radius 3 is 2.42 bits per heavy atom. The molecule has 0 spiro atoms. The molecule has 1 aromatic heterocycles. The maximum absolute atomic E-state index is 13.9. The Kier molecular flexibility index (Phi) is 5.21. The number of aromatic nitrogens is 2. The number of benzene rings is 3. The fourth-order valence-electron chi connectivity index (χ4n) is 5.67. The molecule has 0 unspecified atom stereocenters. The number of methoxy groups -OCH3 is 2. The number of ether oxygens (including phenoxy) is 4. The lowest BCUT2D eigenvalue weighted by molar-refractivity contribution is -0.168. The molecule has 0 aliphatic carbocycles. The molecule has 0 fully saturated rings. The van der Waals surface area contributed by atoms with Crippen molar-refractivity contribution in [2.45, 2.75) is 18.9 Å². The van der Waals surface area contributed by atoms with Crippen molar-refractivity contribution < 1.29 is 23.7 Å². The number of esters is 1. The summed E-state index contributed by atoms with van der Waals surface area (Å²) in [6, 6.07) is 25.3. The van der Waals surface area contributed by atoms with Gasteiger partial charge in [-0.15, -0.1) is 0 Å². The molecule has 36 heavy (non-hydrogen) atoms. The largest absolute Gasteiger partial charge is 0.496 e. The first-order valence-electron chi connectivity index (χ1n) is 11.8. The molecule has 3 atom stereocenters. The number of fused-ring (bicyclic) bond motifs is 5. The van der Waals surface area contributed by atoms with Crippen LogP contribution in [0.4, 0.5) is 0 Å². The molecule has 0 radical (unpaired) electrons. The fourth-order valence-corrected chi connectivity index (χ4v) is 5.67. The predicted octanol–water partition coefficient (Wildman–Crippen LogP) is 5.01. The molecule has 6 rings (SSSR count). The summed E-state index contributed by atoms with van der Waals surface area (Å²) in [7, 11) is 3.02. The maximum Gasteiger partial charge on any atom is 0.320 e. The van der Waals surface area contributed by atoms with Crippen LogP contribution in [0.25, 0.3) is 5.69 Å². The van der Waals surface area contributed by atoms with E-state index < -0.39 is 23.4 Å². The minimum atomic E-state index is -1.21. The quantitative estimate of drug-likeness (QED) is 0.381. The molecule has 0 bridgehead atoms. The van der Waals surface area contributed by atoms with E-state index >= 15 is 0 Å². The summed E-state index contributed by atoms with van der Waals surface area (Å²) in [6.07, 6.45) is -0.759. The number of hydrogen-bond donors (Lipinski definition) is 0. The summed E-state index contributed by atoms with van der Waals surface area (Å²) in [5.74, 6) is 1.13. The van der Waals surface area contributed by atoms with Crippen molar-refractivity contribution in [1.29, 1.82) is 0 Å². The van der Waals surface area contributed by atoms with Crippen molar-refractivity contribution in [3.05, 3.63) is 101 Å². The van der Waals surface area contributed by atoms with E-state index in [2.05, 4.69) is 0 Å². The van der Waals surface area contributed by atoms with Crippen molar-refractivity contribution in [2.24, 2.45) is 5.41 Å². The van der Waals surface area contributed by atoms with Gasteiger partial charge in [-0.1, -0.05) is 54.6 Å². The van der Waals surface area contributed by atoms with E-state index in [9.17, 15) is 4.79 Å². The Morgan fingerprint density at radius 2 is 1.67 bits per heavy atom. The van der Waals surface area contributed by atoms with Crippen LogP contribution in [0.2, 0.25) is 0 Å². The average Bonchev–Trinajstić information content (AvgIpc) is 3.27. The first-order chi connectivity index (χ1) is 17.6. The first kappa shape index (κ1) is 22.2. The van der Waals surface area contributed by atoms with Crippen molar-refractivity contribution in [3.8, 4) is 23.1 Å². The molecule has 3 aromatic carbocycles. The Bertz CT molecular complexity index is 1450. The minimum absolute atomic E-state index is 0.0828. The SMILES string of the molecule is COC(=O)[C@@]12COc3ccccc3[C@@H]1c1c(C)nn(-c3ccccc3)c1O[C@@H]2c1ccccc1OC. The predicted molar refractivity (Wildman–Crippen MR) is 133 cm³/mol. The second-order valence-corrected chi connectivity index (χ2v) is 9.08. The maximum atomic E-state index is 13.9. The Balaban J connectivity index is 1.70. The summed E-state index contributed by atoms with van der Waals surface area (Å²) in [4.78, 5) is 13.9. The number of carbonyl (C=O) groups is 1. The van der Waals surface area contributed by atoms with Crippen LogP contribution in [0.3, 0.4) is 0 Å². The Hall–Kier alpha value is -4.26. The topological polar surface area (TPSA) is 71.8 Å². The van der Waals surface area contributed by atoms with Crippen molar-refractivity contribution >= 4 is 5.97 Å². The molecule has 2 aliphatic rings. The lowest BCUT2D eigenvalue weighted by atomic mass is 9.61. The van der Waals surface area contributed by atoms with Crippen molar-refractivity contribution in [3.63, 3.8) is 0 Å². The van der Waals surface area contributed by atoms with Gasteiger partial charge >= 0.3 is 5.97 Å². The third kappa shape index (κ3) is 3.05. The molecule has 0 N–H and O–H groups in total. The second kappa shape index (κ2) is 8.45. The molecule has 7 heteroatoms. The molecule has 182 valence electrons.